The molecule has 0 aliphatic carbocycles. The van der Waals surface area contributed by atoms with Gasteiger partial charge >= 0.3 is 5.69 Å². The van der Waals surface area contributed by atoms with E-state index in [1.54, 1.807) is 23.9 Å². The maximum atomic E-state index is 11.1. The largest absolute Gasteiger partial charge is 0.360 e. The fraction of sp³-hybridized carbons (Fsp3) is 0.385. The highest BCUT2D eigenvalue weighted by Crippen LogP contribution is 2.26. The molecule has 20 heavy (non-hydrogen) atoms. The van der Waals surface area contributed by atoms with Gasteiger partial charge in [-0.3, -0.25) is 14.8 Å². The third-order valence-corrected chi connectivity index (χ3v) is 3.40. The zero-order valence-electron chi connectivity index (χ0n) is 12.0. The predicted molar refractivity (Wildman–Crippen MR) is 75.6 cm³/mol. The van der Waals surface area contributed by atoms with Crippen molar-refractivity contribution in [3.8, 4) is 0 Å². The minimum atomic E-state index is -0.409. The number of nitro groups is 1. The maximum Gasteiger partial charge on any atom is 0.314 e. The van der Waals surface area contributed by atoms with Crippen LogP contribution in [0.3, 0.4) is 0 Å². The first-order valence-corrected chi connectivity index (χ1v) is 6.24. The second-order valence-electron chi connectivity index (χ2n) is 4.71. The van der Waals surface area contributed by atoms with Gasteiger partial charge in [-0.2, -0.15) is 5.10 Å². The molecule has 0 atom stereocenters. The Morgan fingerprint density at radius 3 is 2.65 bits per heavy atom. The van der Waals surface area contributed by atoms with Gasteiger partial charge in [0.15, 0.2) is 0 Å². The Labute approximate surface area is 116 Å². The summed E-state index contributed by atoms with van der Waals surface area (Å²) in [4.78, 5) is 14.8. The van der Waals surface area contributed by atoms with Crippen LogP contribution in [0.15, 0.2) is 12.3 Å². The molecule has 0 fully saturated rings. The Morgan fingerprint density at radius 2 is 2.10 bits per heavy atom. The second-order valence-corrected chi connectivity index (χ2v) is 4.71. The van der Waals surface area contributed by atoms with E-state index in [9.17, 15) is 10.1 Å². The minimum absolute atomic E-state index is 0.0201. The molecule has 0 amide bonds. The second kappa shape index (κ2) is 5.28. The van der Waals surface area contributed by atoms with E-state index < -0.39 is 4.92 Å². The summed E-state index contributed by atoms with van der Waals surface area (Å²) in [5.41, 5.74) is 3.59. The van der Waals surface area contributed by atoms with Crippen molar-refractivity contribution in [1.82, 2.24) is 14.8 Å². The number of pyridine rings is 1. The Balaban J connectivity index is 2.28. The number of aryl methyl sites for hydroxylation is 3. The first-order chi connectivity index (χ1) is 9.41. The van der Waals surface area contributed by atoms with Gasteiger partial charge in [0, 0.05) is 36.6 Å². The molecule has 0 saturated carbocycles. The molecule has 0 saturated heterocycles. The van der Waals surface area contributed by atoms with E-state index in [4.69, 9.17) is 0 Å². The lowest BCUT2D eigenvalue weighted by molar-refractivity contribution is -0.384. The summed E-state index contributed by atoms with van der Waals surface area (Å²) in [5, 5.41) is 18.5. The van der Waals surface area contributed by atoms with Crippen molar-refractivity contribution in [2.75, 3.05) is 5.32 Å². The van der Waals surface area contributed by atoms with E-state index in [0.717, 1.165) is 17.0 Å². The molecule has 0 aliphatic heterocycles. The molecule has 2 aromatic rings. The molecule has 0 unspecified atom stereocenters. The van der Waals surface area contributed by atoms with Crippen molar-refractivity contribution >= 4 is 11.5 Å². The first-order valence-electron chi connectivity index (χ1n) is 6.24. The smallest absolute Gasteiger partial charge is 0.314 e. The predicted octanol–water partition coefficient (Wildman–Crippen LogP) is 2.26. The highest BCUT2D eigenvalue weighted by molar-refractivity contribution is 5.60. The summed E-state index contributed by atoms with van der Waals surface area (Å²) < 4.78 is 1.80. The number of hydrogen-bond donors (Lipinski definition) is 1. The van der Waals surface area contributed by atoms with Gasteiger partial charge in [0.1, 0.15) is 0 Å². The molecule has 1 N–H and O–H groups in total. The van der Waals surface area contributed by atoms with Gasteiger partial charge in [0.2, 0.25) is 5.82 Å². The monoisotopic (exact) mass is 275 g/mol. The molecule has 0 aromatic carbocycles. The SMILES string of the molecule is Cc1ccnc(NCc2c(C)nn(C)c2C)c1[N+](=O)[O-]. The number of nitrogens with one attached hydrogen (secondary N) is 1. The number of nitrogens with zero attached hydrogens (tertiary/aromatic N) is 4. The van der Waals surface area contributed by atoms with Crippen molar-refractivity contribution < 1.29 is 4.92 Å². The van der Waals surface area contributed by atoms with E-state index in [0.29, 0.717) is 12.1 Å². The van der Waals surface area contributed by atoms with Crippen LogP contribution in [0, 0.1) is 30.9 Å². The molecule has 7 heteroatoms. The summed E-state index contributed by atoms with van der Waals surface area (Å²) in [6, 6.07) is 1.63. The molecule has 0 spiro atoms. The lowest BCUT2D eigenvalue weighted by Crippen LogP contribution is -2.07. The Morgan fingerprint density at radius 1 is 1.40 bits per heavy atom. The molecule has 0 aliphatic rings. The lowest BCUT2D eigenvalue weighted by atomic mass is 10.2. The van der Waals surface area contributed by atoms with Crippen LogP contribution in [0.1, 0.15) is 22.5 Å². The summed E-state index contributed by atoms with van der Waals surface area (Å²) in [6.45, 7) is 6.05. The van der Waals surface area contributed by atoms with E-state index in [2.05, 4.69) is 15.4 Å². The minimum Gasteiger partial charge on any atom is -0.360 e. The Bertz CT molecular complexity index is 663. The fourth-order valence-corrected chi connectivity index (χ4v) is 2.16. The van der Waals surface area contributed by atoms with Crippen molar-refractivity contribution in [2.24, 2.45) is 7.05 Å². The van der Waals surface area contributed by atoms with Gasteiger partial charge in [0.25, 0.3) is 0 Å². The number of anilines is 1. The van der Waals surface area contributed by atoms with Crippen LogP contribution in [-0.4, -0.2) is 19.7 Å². The molecular weight excluding hydrogens is 258 g/mol. The van der Waals surface area contributed by atoms with E-state index in [1.807, 2.05) is 20.9 Å². The maximum absolute atomic E-state index is 11.1. The lowest BCUT2D eigenvalue weighted by Gasteiger charge is -2.08. The van der Waals surface area contributed by atoms with Gasteiger partial charge in [-0.25, -0.2) is 4.98 Å². The topological polar surface area (TPSA) is 85.9 Å². The molecule has 0 radical (unpaired) electrons. The highest BCUT2D eigenvalue weighted by Gasteiger charge is 2.19. The average molecular weight is 275 g/mol. The van der Waals surface area contributed by atoms with E-state index in [-0.39, 0.29) is 11.5 Å². The van der Waals surface area contributed by atoms with Crippen molar-refractivity contribution in [3.63, 3.8) is 0 Å². The molecule has 2 heterocycles. The Kier molecular flexibility index (Phi) is 3.69. The van der Waals surface area contributed by atoms with Crippen molar-refractivity contribution in [3.05, 3.63) is 44.9 Å². The van der Waals surface area contributed by atoms with Crippen LogP contribution in [0.4, 0.5) is 11.5 Å². The third-order valence-electron chi connectivity index (χ3n) is 3.40. The zero-order chi connectivity index (χ0) is 14.9. The summed E-state index contributed by atoms with van der Waals surface area (Å²) in [6.07, 6.45) is 1.56. The zero-order valence-corrected chi connectivity index (χ0v) is 12.0. The third kappa shape index (κ3) is 2.47. The summed E-state index contributed by atoms with van der Waals surface area (Å²) in [7, 11) is 1.87. The van der Waals surface area contributed by atoms with E-state index >= 15 is 0 Å². The van der Waals surface area contributed by atoms with Crippen LogP contribution in [0.2, 0.25) is 0 Å². The number of aromatic nitrogens is 3. The van der Waals surface area contributed by atoms with Gasteiger partial charge in [-0.15, -0.1) is 0 Å². The van der Waals surface area contributed by atoms with Gasteiger partial charge in [0.05, 0.1) is 10.6 Å². The summed E-state index contributed by atoms with van der Waals surface area (Å²) in [5.74, 6) is 0.289. The van der Waals surface area contributed by atoms with Crippen LogP contribution in [0.5, 0.6) is 0 Å². The van der Waals surface area contributed by atoms with Crippen LogP contribution in [0.25, 0.3) is 0 Å². The molecular formula is C13H17N5O2. The Hall–Kier alpha value is -2.44. The molecule has 2 aromatic heterocycles. The normalized spacial score (nSPS) is 10.6. The standard InChI is InChI=1S/C13H17N5O2/c1-8-5-6-14-13(12(8)18(19)20)15-7-11-9(2)16-17(4)10(11)3/h5-6H,7H2,1-4H3,(H,14,15). The molecule has 7 nitrogen and oxygen atoms in total. The average Bonchev–Trinajstić information content (AvgIpc) is 2.61. The molecule has 2 rings (SSSR count). The fourth-order valence-electron chi connectivity index (χ4n) is 2.16. The van der Waals surface area contributed by atoms with Gasteiger partial charge < -0.3 is 5.32 Å². The van der Waals surface area contributed by atoms with Crippen LogP contribution < -0.4 is 5.32 Å². The first kappa shape index (κ1) is 14.0. The van der Waals surface area contributed by atoms with Crippen molar-refractivity contribution in [1.29, 1.82) is 0 Å². The number of hydrogen-bond acceptors (Lipinski definition) is 5. The summed E-state index contributed by atoms with van der Waals surface area (Å²) >= 11 is 0. The van der Waals surface area contributed by atoms with Crippen LogP contribution >= 0.6 is 0 Å². The van der Waals surface area contributed by atoms with E-state index in [1.165, 1.54) is 0 Å². The molecule has 0 bridgehead atoms. The highest BCUT2D eigenvalue weighted by atomic mass is 16.6. The molecule has 106 valence electrons. The number of rotatable bonds is 4. The van der Waals surface area contributed by atoms with Crippen LogP contribution in [-0.2, 0) is 13.6 Å². The van der Waals surface area contributed by atoms with Gasteiger partial charge in [-0.1, -0.05) is 0 Å². The van der Waals surface area contributed by atoms with Gasteiger partial charge in [-0.05, 0) is 26.8 Å². The quantitative estimate of drug-likeness (QED) is 0.683. The van der Waals surface area contributed by atoms with Crippen molar-refractivity contribution in [2.45, 2.75) is 27.3 Å².